The third kappa shape index (κ3) is 6.52. The number of piperidine rings is 1. The molecule has 1 aromatic heterocycles. The molecule has 3 nitrogen and oxygen atoms in total. The van der Waals surface area contributed by atoms with E-state index in [0.717, 1.165) is 0 Å². The van der Waals surface area contributed by atoms with Crippen molar-refractivity contribution in [3.05, 3.63) is 29.6 Å². The van der Waals surface area contributed by atoms with Crippen LogP contribution in [0.2, 0.25) is 0 Å². The number of nitrogens with zero attached hydrogens (tertiary/aromatic N) is 1. The highest BCUT2D eigenvalue weighted by molar-refractivity contribution is 6.18. The van der Waals surface area contributed by atoms with Gasteiger partial charge in [-0.3, -0.25) is 4.98 Å². The molecule has 0 bridgehead atoms. The smallest absolute Gasteiger partial charge is 0.273 e. The number of rotatable bonds is 6. The first-order valence-corrected chi connectivity index (χ1v) is 7.55. The standard InChI is InChI=1S/C14H18ClF4N3.2ClH/c15-8-13(16,17)9-21-6-11-5-10(1-3-22-11)12-7-20-4-2-14(12,18)19;;/h1,3,5,12,20-21H,2,4,6-9H2;2*1H. The topological polar surface area (TPSA) is 37.0 Å². The normalized spacial score (nSPS) is 20.0. The zero-order chi connectivity index (χ0) is 16.2. The van der Waals surface area contributed by atoms with Crippen molar-refractivity contribution in [1.82, 2.24) is 15.6 Å². The molecule has 1 aliphatic rings. The van der Waals surface area contributed by atoms with Crippen LogP contribution >= 0.6 is 36.4 Å². The number of aromatic nitrogens is 1. The lowest BCUT2D eigenvalue weighted by Gasteiger charge is -2.32. The predicted octanol–water partition coefficient (Wildman–Crippen LogP) is 3.60. The van der Waals surface area contributed by atoms with E-state index in [1.54, 1.807) is 6.07 Å². The lowest BCUT2D eigenvalue weighted by Crippen LogP contribution is -2.43. The van der Waals surface area contributed by atoms with Crippen LogP contribution in [0.15, 0.2) is 18.3 Å². The lowest BCUT2D eigenvalue weighted by atomic mass is 9.88. The molecule has 0 radical (unpaired) electrons. The van der Waals surface area contributed by atoms with E-state index < -0.39 is 30.2 Å². The van der Waals surface area contributed by atoms with Crippen LogP contribution < -0.4 is 10.6 Å². The Labute approximate surface area is 155 Å². The highest BCUT2D eigenvalue weighted by Gasteiger charge is 2.42. The van der Waals surface area contributed by atoms with Crippen molar-refractivity contribution >= 4 is 36.4 Å². The van der Waals surface area contributed by atoms with Gasteiger partial charge in [-0.1, -0.05) is 0 Å². The van der Waals surface area contributed by atoms with Crippen molar-refractivity contribution in [3.63, 3.8) is 0 Å². The molecule has 2 N–H and O–H groups in total. The summed E-state index contributed by atoms with van der Waals surface area (Å²) in [5.41, 5.74) is 0.914. The SMILES string of the molecule is Cl.Cl.FC(F)(CCl)CNCc1cc(C2CNCCC2(F)F)ccn1. The first kappa shape index (κ1) is 23.7. The van der Waals surface area contributed by atoms with Crippen LogP contribution in [0.5, 0.6) is 0 Å². The Morgan fingerprint density at radius 2 is 2.08 bits per heavy atom. The summed E-state index contributed by atoms with van der Waals surface area (Å²) >= 11 is 5.14. The second-order valence-electron chi connectivity index (χ2n) is 5.44. The van der Waals surface area contributed by atoms with Gasteiger partial charge in [-0.05, 0) is 17.7 Å². The highest BCUT2D eigenvalue weighted by Crippen LogP contribution is 2.37. The summed E-state index contributed by atoms with van der Waals surface area (Å²) < 4.78 is 53.9. The Balaban J connectivity index is 0.00000264. The lowest BCUT2D eigenvalue weighted by molar-refractivity contribution is -0.0479. The van der Waals surface area contributed by atoms with Crippen LogP contribution in [0.3, 0.4) is 0 Å². The van der Waals surface area contributed by atoms with Crippen LogP contribution in [0.4, 0.5) is 17.6 Å². The van der Waals surface area contributed by atoms with Gasteiger partial charge in [0.2, 0.25) is 0 Å². The second-order valence-corrected chi connectivity index (χ2v) is 5.71. The van der Waals surface area contributed by atoms with E-state index in [1.807, 2.05) is 0 Å². The Morgan fingerprint density at radius 1 is 1.38 bits per heavy atom. The van der Waals surface area contributed by atoms with E-state index in [9.17, 15) is 17.6 Å². The molecule has 1 saturated heterocycles. The molecule has 0 amide bonds. The molecule has 2 heterocycles. The van der Waals surface area contributed by atoms with Crippen molar-refractivity contribution in [2.24, 2.45) is 0 Å². The summed E-state index contributed by atoms with van der Waals surface area (Å²) in [7, 11) is 0. The first-order chi connectivity index (χ1) is 10.3. The van der Waals surface area contributed by atoms with Crippen molar-refractivity contribution in [3.8, 4) is 0 Å². The summed E-state index contributed by atoms with van der Waals surface area (Å²) in [6.45, 7) is -0.0275. The fraction of sp³-hybridized carbons (Fsp3) is 0.643. The van der Waals surface area contributed by atoms with Crippen LogP contribution in [0.1, 0.15) is 23.6 Å². The minimum absolute atomic E-state index is 0. The van der Waals surface area contributed by atoms with E-state index in [-0.39, 0.29) is 50.9 Å². The van der Waals surface area contributed by atoms with Gasteiger partial charge in [-0.25, -0.2) is 17.6 Å². The highest BCUT2D eigenvalue weighted by atomic mass is 35.5. The third-order valence-corrected chi connectivity index (χ3v) is 4.01. The van der Waals surface area contributed by atoms with Gasteiger partial charge in [0, 0.05) is 32.3 Å². The molecule has 0 aliphatic carbocycles. The fourth-order valence-electron chi connectivity index (χ4n) is 2.42. The molecule has 24 heavy (non-hydrogen) atoms. The fourth-order valence-corrected chi connectivity index (χ4v) is 2.51. The summed E-state index contributed by atoms with van der Waals surface area (Å²) in [5, 5.41) is 5.49. The van der Waals surface area contributed by atoms with Crippen LogP contribution in [-0.4, -0.2) is 42.3 Å². The molecule has 140 valence electrons. The molecule has 1 atom stereocenters. The minimum atomic E-state index is -3.00. The number of alkyl halides is 5. The molecule has 0 saturated carbocycles. The van der Waals surface area contributed by atoms with E-state index >= 15 is 0 Å². The molecule has 0 aromatic carbocycles. The first-order valence-electron chi connectivity index (χ1n) is 7.02. The van der Waals surface area contributed by atoms with Crippen molar-refractivity contribution in [2.45, 2.75) is 30.7 Å². The van der Waals surface area contributed by atoms with Crippen LogP contribution in [-0.2, 0) is 6.54 Å². The van der Waals surface area contributed by atoms with Gasteiger partial charge in [0.05, 0.1) is 24.0 Å². The zero-order valence-electron chi connectivity index (χ0n) is 12.7. The Hall–Kier alpha value is -0.340. The molecule has 2 rings (SSSR count). The largest absolute Gasteiger partial charge is 0.316 e. The zero-order valence-corrected chi connectivity index (χ0v) is 15.1. The van der Waals surface area contributed by atoms with Crippen molar-refractivity contribution in [2.75, 3.05) is 25.5 Å². The average Bonchev–Trinajstić information content (AvgIpc) is 2.47. The van der Waals surface area contributed by atoms with Gasteiger partial charge in [-0.15, -0.1) is 36.4 Å². The van der Waals surface area contributed by atoms with Crippen molar-refractivity contribution < 1.29 is 17.6 Å². The molecule has 1 fully saturated rings. The third-order valence-electron chi connectivity index (χ3n) is 3.62. The number of halogens is 7. The molecule has 1 aromatic rings. The molecule has 1 unspecified atom stereocenters. The molecule has 1 aliphatic heterocycles. The summed E-state index contributed by atoms with van der Waals surface area (Å²) in [6.07, 6.45) is 1.21. The quantitative estimate of drug-likeness (QED) is 0.554. The summed E-state index contributed by atoms with van der Waals surface area (Å²) in [5.74, 6) is -7.47. The molecule has 0 spiro atoms. The van der Waals surface area contributed by atoms with Gasteiger partial charge in [0.25, 0.3) is 11.8 Å². The Bertz CT molecular complexity index is 506. The maximum Gasteiger partial charge on any atom is 0.273 e. The maximum atomic E-state index is 14.0. The molecule has 10 heteroatoms. The van der Waals surface area contributed by atoms with E-state index in [4.69, 9.17) is 11.6 Å². The second kappa shape index (κ2) is 9.97. The molecular weight excluding hydrogens is 393 g/mol. The van der Waals surface area contributed by atoms with Gasteiger partial charge in [0.1, 0.15) is 0 Å². The Kier molecular flexibility index (Phi) is 9.83. The van der Waals surface area contributed by atoms with Gasteiger partial charge >= 0.3 is 0 Å². The molecular formula is C14H20Cl3F4N3. The monoisotopic (exact) mass is 411 g/mol. The van der Waals surface area contributed by atoms with Crippen LogP contribution in [0.25, 0.3) is 0 Å². The van der Waals surface area contributed by atoms with Gasteiger partial charge in [0.15, 0.2) is 0 Å². The van der Waals surface area contributed by atoms with E-state index in [1.165, 1.54) is 12.3 Å². The van der Waals surface area contributed by atoms with Crippen molar-refractivity contribution in [1.29, 1.82) is 0 Å². The Morgan fingerprint density at radius 3 is 2.71 bits per heavy atom. The van der Waals surface area contributed by atoms with Gasteiger partial charge < -0.3 is 10.6 Å². The average molecular weight is 413 g/mol. The number of nitrogens with one attached hydrogen (secondary N) is 2. The predicted molar refractivity (Wildman–Crippen MR) is 91.3 cm³/mol. The van der Waals surface area contributed by atoms with Crippen LogP contribution in [0, 0.1) is 0 Å². The minimum Gasteiger partial charge on any atom is -0.316 e. The van der Waals surface area contributed by atoms with Gasteiger partial charge in [-0.2, -0.15) is 0 Å². The maximum absolute atomic E-state index is 14.0. The summed E-state index contributed by atoms with van der Waals surface area (Å²) in [6, 6.07) is 3.08. The number of pyridine rings is 1. The summed E-state index contributed by atoms with van der Waals surface area (Å²) in [4.78, 5) is 4.02. The van der Waals surface area contributed by atoms with E-state index in [2.05, 4.69) is 15.6 Å². The number of hydrogen-bond acceptors (Lipinski definition) is 3. The van der Waals surface area contributed by atoms with E-state index in [0.29, 0.717) is 11.3 Å². The number of hydrogen-bond donors (Lipinski definition) is 2.